The molecule has 0 aliphatic carbocycles. The van der Waals surface area contributed by atoms with E-state index in [1.807, 2.05) is 0 Å². The monoisotopic (exact) mass is 258 g/mol. The lowest BCUT2D eigenvalue weighted by atomic mass is 10.1. The molecule has 0 spiro atoms. The quantitative estimate of drug-likeness (QED) is 0.372. The molecule has 0 radical (unpaired) electrons. The molecule has 8 heteroatoms. The van der Waals surface area contributed by atoms with Crippen molar-refractivity contribution in [3.63, 3.8) is 0 Å². The number of oxime groups is 1. The normalized spacial score (nSPS) is 12.4. The first-order chi connectivity index (χ1) is 7.83. The molecule has 0 aliphatic heterocycles. The van der Waals surface area contributed by atoms with Gasteiger partial charge in [0.05, 0.1) is 10.7 Å². The molecule has 1 N–H and O–H groups in total. The van der Waals surface area contributed by atoms with Gasteiger partial charge in [-0.1, -0.05) is 17.3 Å². The minimum Gasteiger partial charge on any atom is -0.411 e. The first-order valence-corrected chi connectivity index (χ1v) is 6.53. The third kappa shape index (κ3) is 3.83. The summed E-state index contributed by atoms with van der Waals surface area (Å²) in [6.07, 6.45) is 0.982. The summed E-state index contributed by atoms with van der Waals surface area (Å²) in [7, 11) is -3.38. The Morgan fingerprint density at radius 3 is 2.65 bits per heavy atom. The van der Waals surface area contributed by atoms with Crippen molar-refractivity contribution < 1.29 is 18.5 Å². The Bertz CT molecular complexity index is 565. The highest BCUT2D eigenvalue weighted by Crippen LogP contribution is 2.14. The number of nitro groups is 1. The van der Waals surface area contributed by atoms with E-state index in [0.29, 0.717) is 0 Å². The van der Waals surface area contributed by atoms with Gasteiger partial charge in [0.25, 0.3) is 5.69 Å². The van der Waals surface area contributed by atoms with Gasteiger partial charge in [-0.05, 0) is 0 Å². The summed E-state index contributed by atoms with van der Waals surface area (Å²) >= 11 is 0. The van der Waals surface area contributed by atoms with Crippen molar-refractivity contribution in [2.75, 3.05) is 12.0 Å². The van der Waals surface area contributed by atoms with E-state index in [9.17, 15) is 18.5 Å². The largest absolute Gasteiger partial charge is 0.411 e. The predicted octanol–water partition coefficient (Wildman–Crippen LogP) is 0.818. The zero-order valence-electron chi connectivity index (χ0n) is 8.90. The van der Waals surface area contributed by atoms with Crippen LogP contribution in [0.3, 0.4) is 0 Å². The molecule has 0 bridgehead atoms. The average Bonchev–Trinajstić information content (AvgIpc) is 2.25. The lowest BCUT2D eigenvalue weighted by molar-refractivity contribution is -0.384. The van der Waals surface area contributed by atoms with Crippen LogP contribution in [0.2, 0.25) is 0 Å². The van der Waals surface area contributed by atoms with E-state index < -0.39 is 20.5 Å². The molecule has 0 saturated carbocycles. The smallest absolute Gasteiger partial charge is 0.270 e. The zero-order valence-corrected chi connectivity index (χ0v) is 9.72. The fraction of sp³-hybridized carbons (Fsp3) is 0.222. The van der Waals surface area contributed by atoms with Crippen molar-refractivity contribution in [2.24, 2.45) is 5.16 Å². The van der Waals surface area contributed by atoms with E-state index in [1.165, 1.54) is 18.2 Å². The molecule has 17 heavy (non-hydrogen) atoms. The minimum atomic E-state index is -3.38. The highest BCUT2D eigenvalue weighted by Gasteiger charge is 2.15. The van der Waals surface area contributed by atoms with Crippen LogP contribution >= 0.6 is 0 Å². The summed E-state index contributed by atoms with van der Waals surface area (Å²) in [6.45, 7) is 0. The van der Waals surface area contributed by atoms with Gasteiger partial charge in [0.15, 0.2) is 9.84 Å². The standard InChI is InChI=1S/C9H10N2O5S/c1-17(15,16)6-9(10-12)7-3-2-4-8(5-7)11(13)14/h2-5,12H,6H2,1H3. The van der Waals surface area contributed by atoms with Crippen LogP contribution in [0.1, 0.15) is 5.56 Å². The highest BCUT2D eigenvalue weighted by molar-refractivity contribution is 7.91. The van der Waals surface area contributed by atoms with Crippen LogP contribution in [0.25, 0.3) is 0 Å². The molecule has 1 aromatic rings. The summed E-state index contributed by atoms with van der Waals surface area (Å²) < 4.78 is 22.1. The Hall–Kier alpha value is -1.96. The number of nitrogens with zero attached hydrogens (tertiary/aromatic N) is 2. The summed E-state index contributed by atoms with van der Waals surface area (Å²) in [5.41, 5.74) is -0.125. The van der Waals surface area contributed by atoms with Gasteiger partial charge in [-0.2, -0.15) is 0 Å². The Balaban J connectivity index is 3.14. The van der Waals surface area contributed by atoms with Crippen LogP contribution in [0.15, 0.2) is 29.4 Å². The van der Waals surface area contributed by atoms with E-state index in [-0.39, 0.29) is 17.0 Å². The van der Waals surface area contributed by atoms with Gasteiger partial charge < -0.3 is 5.21 Å². The van der Waals surface area contributed by atoms with Gasteiger partial charge in [-0.3, -0.25) is 10.1 Å². The fourth-order valence-electron chi connectivity index (χ4n) is 1.22. The third-order valence-electron chi connectivity index (χ3n) is 1.91. The van der Waals surface area contributed by atoms with Crippen LogP contribution in [0, 0.1) is 10.1 Å². The van der Waals surface area contributed by atoms with Gasteiger partial charge in [-0.15, -0.1) is 0 Å². The van der Waals surface area contributed by atoms with Crippen molar-refractivity contribution >= 4 is 21.2 Å². The first kappa shape index (κ1) is 13.1. The molecule has 0 aliphatic rings. The van der Waals surface area contributed by atoms with Crippen LogP contribution < -0.4 is 0 Å². The van der Waals surface area contributed by atoms with E-state index in [0.717, 1.165) is 12.3 Å². The van der Waals surface area contributed by atoms with E-state index in [1.54, 1.807) is 0 Å². The summed E-state index contributed by atoms with van der Waals surface area (Å²) in [5.74, 6) is -0.481. The maximum absolute atomic E-state index is 11.1. The molecule has 7 nitrogen and oxygen atoms in total. The van der Waals surface area contributed by atoms with Crippen LogP contribution in [-0.2, 0) is 9.84 Å². The molecule has 0 amide bonds. The van der Waals surface area contributed by atoms with Crippen LogP contribution in [0.5, 0.6) is 0 Å². The molecule has 1 rings (SSSR count). The molecule has 0 atom stereocenters. The molecule has 0 aromatic heterocycles. The lowest BCUT2D eigenvalue weighted by Crippen LogP contribution is -2.16. The van der Waals surface area contributed by atoms with Crippen molar-refractivity contribution in [1.82, 2.24) is 0 Å². The molecule has 0 heterocycles. The highest BCUT2D eigenvalue weighted by atomic mass is 32.2. The maximum atomic E-state index is 11.1. The molecule has 92 valence electrons. The van der Waals surface area contributed by atoms with Gasteiger partial charge in [-0.25, -0.2) is 8.42 Å². The summed E-state index contributed by atoms with van der Waals surface area (Å²) in [5, 5.41) is 22.1. The van der Waals surface area contributed by atoms with Crippen LogP contribution in [-0.4, -0.2) is 36.3 Å². The Morgan fingerprint density at radius 2 is 2.18 bits per heavy atom. The number of hydrogen-bond donors (Lipinski definition) is 1. The molecule has 0 unspecified atom stereocenters. The Morgan fingerprint density at radius 1 is 1.53 bits per heavy atom. The predicted molar refractivity (Wildman–Crippen MR) is 61.1 cm³/mol. The minimum absolute atomic E-state index is 0.129. The second kappa shape index (κ2) is 4.91. The topological polar surface area (TPSA) is 110 Å². The number of non-ortho nitro benzene ring substituents is 1. The fourth-order valence-corrected chi connectivity index (χ4v) is 1.94. The van der Waals surface area contributed by atoms with Crippen molar-refractivity contribution in [3.8, 4) is 0 Å². The van der Waals surface area contributed by atoms with Gasteiger partial charge in [0.1, 0.15) is 5.71 Å². The molecular formula is C9H10N2O5S. The van der Waals surface area contributed by atoms with Crippen molar-refractivity contribution in [1.29, 1.82) is 0 Å². The SMILES string of the molecule is CS(=O)(=O)CC(=NO)c1cccc([N+](=O)[O-])c1. The summed E-state index contributed by atoms with van der Waals surface area (Å²) in [6, 6.07) is 5.24. The van der Waals surface area contributed by atoms with Crippen molar-refractivity contribution in [3.05, 3.63) is 39.9 Å². The molecule has 0 saturated heterocycles. The molecule has 1 aromatic carbocycles. The number of benzene rings is 1. The maximum Gasteiger partial charge on any atom is 0.270 e. The lowest BCUT2D eigenvalue weighted by Gasteiger charge is -2.02. The average molecular weight is 258 g/mol. The Labute approximate surface area is 97.4 Å². The second-order valence-corrected chi connectivity index (χ2v) is 5.56. The number of nitro benzene ring substituents is 1. The van der Waals surface area contributed by atoms with E-state index >= 15 is 0 Å². The zero-order chi connectivity index (χ0) is 13.1. The third-order valence-corrected chi connectivity index (χ3v) is 2.71. The van der Waals surface area contributed by atoms with Gasteiger partial charge in [0, 0.05) is 24.0 Å². The first-order valence-electron chi connectivity index (χ1n) is 4.47. The van der Waals surface area contributed by atoms with Crippen LogP contribution in [0.4, 0.5) is 5.69 Å². The van der Waals surface area contributed by atoms with E-state index in [4.69, 9.17) is 5.21 Å². The van der Waals surface area contributed by atoms with Gasteiger partial charge >= 0.3 is 0 Å². The molecule has 0 fully saturated rings. The second-order valence-electron chi connectivity index (χ2n) is 3.42. The van der Waals surface area contributed by atoms with Gasteiger partial charge in [0.2, 0.25) is 0 Å². The number of hydrogen-bond acceptors (Lipinski definition) is 6. The Kier molecular flexibility index (Phi) is 3.79. The molecular weight excluding hydrogens is 248 g/mol. The number of sulfone groups is 1. The van der Waals surface area contributed by atoms with Crippen molar-refractivity contribution in [2.45, 2.75) is 0 Å². The number of rotatable bonds is 4. The summed E-state index contributed by atoms with van der Waals surface area (Å²) in [4.78, 5) is 9.92. The van der Waals surface area contributed by atoms with E-state index in [2.05, 4.69) is 5.16 Å².